The number of rotatable bonds is 3. The summed E-state index contributed by atoms with van der Waals surface area (Å²) in [6.07, 6.45) is 2.95. The van der Waals surface area contributed by atoms with E-state index in [1.165, 1.54) is 20.1 Å². The van der Waals surface area contributed by atoms with Gasteiger partial charge in [0.25, 0.3) is 0 Å². The predicted molar refractivity (Wildman–Crippen MR) is 98.7 cm³/mol. The fourth-order valence-corrected chi connectivity index (χ4v) is 3.25. The van der Waals surface area contributed by atoms with Crippen LogP contribution in [0.2, 0.25) is 0 Å². The molecule has 0 radical (unpaired) electrons. The number of aliphatic imine (C=N–C) groups is 1. The molecule has 2 fully saturated rings. The van der Waals surface area contributed by atoms with Gasteiger partial charge < -0.3 is 19.9 Å². The van der Waals surface area contributed by atoms with E-state index in [0.29, 0.717) is 5.92 Å². The Bertz CT molecular complexity index is 384. The highest BCUT2D eigenvalue weighted by Crippen LogP contribution is 2.19. The van der Waals surface area contributed by atoms with Crippen LogP contribution in [0, 0.1) is 11.8 Å². The van der Waals surface area contributed by atoms with Gasteiger partial charge in [-0.15, -0.1) is 24.0 Å². The van der Waals surface area contributed by atoms with Gasteiger partial charge in [0.1, 0.15) is 0 Å². The van der Waals surface area contributed by atoms with E-state index >= 15 is 0 Å². The molecule has 0 spiro atoms. The van der Waals surface area contributed by atoms with Crippen molar-refractivity contribution < 1.29 is 9.53 Å². The molecule has 1 atom stereocenters. The maximum Gasteiger partial charge on any atom is 0.308 e. The zero-order valence-electron chi connectivity index (χ0n) is 13.9. The van der Waals surface area contributed by atoms with Crippen molar-refractivity contribution in [1.29, 1.82) is 0 Å². The van der Waals surface area contributed by atoms with Gasteiger partial charge in [0.15, 0.2) is 5.96 Å². The van der Waals surface area contributed by atoms with Crippen LogP contribution < -0.4 is 5.32 Å². The Balaban J connectivity index is 0.00000242. The Kier molecular flexibility index (Phi) is 8.45. The van der Waals surface area contributed by atoms with Crippen LogP contribution >= 0.6 is 24.0 Å². The lowest BCUT2D eigenvalue weighted by Gasteiger charge is -2.33. The minimum Gasteiger partial charge on any atom is -0.469 e. The lowest BCUT2D eigenvalue weighted by molar-refractivity contribution is -0.146. The molecular formula is C15H29IN4O2. The van der Waals surface area contributed by atoms with Gasteiger partial charge in [0.05, 0.1) is 13.0 Å². The maximum absolute atomic E-state index is 11.6. The molecule has 0 amide bonds. The lowest BCUT2D eigenvalue weighted by atomic mass is 9.97. The van der Waals surface area contributed by atoms with Crippen LogP contribution in [0.3, 0.4) is 0 Å². The standard InChI is InChI=1S/C15H28N4O2.HI/c1-16-15(17-10-12-4-7-18(2)11-12)19-8-5-13(6-9-19)14(20)21-3;/h12-13H,4-11H2,1-3H3,(H,16,17);1H. The molecule has 1 N–H and O–H groups in total. The van der Waals surface area contributed by atoms with Crippen LogP contribution in [-0.2, 0) is 9.53 Å². The first kappa shape index (κ1) is 19.5. The van der Waals surface area contributed by atoms with Crippen molar-refractivity contribution in [3.8, 4) is 0 Å². The minimum atomic E-state index is -0.0772. The van der Waals surface area contributed by atoms with E-state index in [0.717, 1.165) is 45.0 Å². The number of esters is 1. The molecule has 7 heteroatoms. The van der Waals surface area contributed by atoms with Gasteiger partial charge in [0.2, 0.25) is 0 Å². The summed E-state index contributed by atoms with van der Waals surface area (Å²) in [5.74, 6) is 1.65. The number of methoxy groups -OCH3 is 1. The Morgan fingerprint density at radius 1 is 1.27 bits per heavy atom. The highest BCUT2D eigenvalue weighted by atomic mass is 127. The molecule has 128 valence electrons. The third kappa shape index (κ3) is 5.26. The molecule has 22 heavy (non-hydrogen) atoms. The number of hydrogen-bond acceptors (Lipinski definition) is 4. The smallest absolute Gasteiger partial charge is 0.308 e. The Hall–Kier alpha value is -0.570. The van der Waals surface area contributed by atoms with Gasteiger partial charge in [-0.3, -0.25) is 9.79 Å². The van der Waals surface area contributed by atoms with Crippen molar-refractivity contribution in [3.05, 3.63) is 0 Å². The SMILES string of the molecule is CN=C(NCC1CCN(C)C1)N1CCC(C(=O)OC)CC1.I. The average Bonchev–Trinajstić information content (AvgIpc) is 2.93. The zero-order chi connectivity index (χ0) is 15.2. The molecule has 2 heterocycles. The topological polar surface area (TPSA) is 57.2 Å². The number of halogens is 1. The quantitative estimate of drug-likeness (QED) is 0.317. The van der Waals surface area contributed by atoms with E-state index in [-0.39, 0.29) is 35.9 Å². The van der Waals surface area contributed by atoms with E-state index in [9.17, 15) is 4.79 Å². The summed E-state index contributed by atoms with van der Waals surface area (Å²) in [5.41, 5.74) is 0. The van der Waals surface area contributed by atoms with E-state index in [1.807, 2.05) is 7.05 Å². The number of nitrogens with zero attached hydrogens (tertiary/aromatic N) is 3. The molecule has 2 aliphatic rings. The molecular weight excluding hydrogens is 395 g/mol. The first-order valence-corrected chi connectivity index (χ1v) is 7.86. The second kappa shape index (κ2) is 9.54. The minimum absolute atomic E-state index is 0. The second-order valence-electron chi connectivity index (χ2n) is 6.13. The number of guanidine groups is 1. The lowest BCUT2D eigenvalue weighted by Crippen LogP contribution is -2.47. The summed E-state index contributed by atoms with van der Waals surface area (Å²) in [5, 5.41) is 3.49. The van der Waals surface area contributed by atoms with Crippen molar-refractivity contribution in [2.75, 3.05) is 53.9 Å². The van der Waals surface area contributed by atoms with Crippen molar-refractivity contribution in [1.82, 2.24) is 15.1 Å². The van der Waals surface area contributed by atoms with Crippen LogP contribution in [0.15, 0.2) is 4.99 Å². The van der Waals surface area contributed by atoms with Crippen LogP contribution in [0.1, 0.15) is 19.3 Å². The van der Waals surface area contributed by atoms with Gasteiger partial charge in [-0.1, -0.05) is 0 Å². The van der Waals surface area contributed by atoms with Gasteiger partial charge in [-0.2, -0.15) is 0 Å². The van der Waals surface area contributed by atoms with E-state index in [1.54, 1.807) is 0 Å². The summed E-state index contributed by atoms with van der Waals surface area (Å²) in [4.78, 5) is 20.6. The summed E-state index contributed by atoms with van der Waals surface area (Å²) in [7, 11) is 5.47. The van der Waals surface area contributed by atoms with Crippen LogP contribution in [0.5, 0.6) is 0 Å². The Labute approximate surface area is 150 Å². The van der Waals surface area contributed by atoms with E-state index < -0.39 is 0 Å². The fourth-order valence-electron chi connectivity index (χ4n) is 3.25. The van der Waals surface area contributed by atoms with Gasteiger partial charge in [-0.05, 0) is 38.8 Å². The monoisotopic (exact) mass is 424 g/mol. The summed E-state index contributed by atoms with van der Waals surface area (Å²) >= 11 is 0. The molecule has 1 unspecified atom stereocenters. The highest BCUT2D eigenvalue weighted by Gasteiger charge is 2.27. The van der Waals surface area contributed by atoms with Gasteiger partial charge in [-0.25, -0.2) is 0 Å². The molecule has 2 saturated heterocycles. The number of ether oxygens (including phenoxy) is 1. The van der Waals surface area contributed by atoms with E-state index in [4.69, 9.17) is 4.74 Å². The average molecular weight is 424 g/mol. The van der Waals surface area contributed by atoms with Crippen LogP contribution in [0.4, 0.5) is 0 Å². The first-order chi connectivity index (χ1) is 10.1. The summed E-state index contributed by atoms with van der Waals surface area (Å²) in [6, 6.07) is 0. The molecule has 0 aromatic heterocycles. The van der Waals surface area contributed by atoms with Crippen molar-refractivity contribution in [3.63, 3.8) is 0 Å². The number of carbonyl (C=O) groups is 1. The molecule has 2 rings (SSSR count). The normalized spacial score (nSPS) is 24.0. The third-order valence-corrected chi connectivity index (χ3v) is 4.58. The molecule has 6 nitrogen and oxygen atoms in total. The highest BCUT2D eigenvalue weighted by molar-refractivity contribution is 14.0. The third-order valence-electron chi connectivity index (χ3n) is 4.58. The molecule has 2 aliphatic heterocycles. The van der Waals surface area contributed by atoms with Crippen molar-refractivity contribution in [2.24, 2.45) is 16.8 Å². The number of nitrogens with one attached hydrogen (secondary N) is 1. The first-order valence-electron chi connectivity index (χ1n) is 7.86. The predicted octanol–water partition coefficient (Wildman–Crippen LogP) is 1.02. The van der Waals surface area contributed by atoms with Gasteiger partial charge in [0, 0.05) is 33.2 Å². The number of hydrogen-bond donors (Lipinski definition) is 1. The number of piperidine rings is 1. The van der Waals surface area contributed by atoms with Crippen molar-refractivity contribution in [2.45, 2.75) is 19.3 Å². The summed E-state index contributed by atoms with van der Waals surface area (Å²) in [6.45, 7) is 5.06. The summed E-state index contributed by atoms with van der Waals surface area (Å²) < 4.78 is 4.83. The number of likely N-dealkylation sites (tertiary alicyclic amines) is 2. The van der Waals surface area contributed by atoms with Crippen LogP contribution in [0.25, 0.3) is 0 Å². The van der Waals surface area contributed by atoms with E-state index in [2.05, 4.69) is 27.2 Å². The Morgan fingerprint density at radius 3 is 2.45 bits per heavy atom. The van der Waals surface area contributed by atoms with Gasteiger partial charge >= 0.3 is 5.97 Å². The molecule has 0 saturated carbocycles. The largest absolute Gasteiger partial charge is 0.469 e. The maximum atomic E-state index is 11.6. The van der Waals surface area contributed by atoms with Crippen LogP contribution in [-0.4, -0.2) is 75.7 Å². The van der Waals surface area contributed by atoms with Crippen molar-refractivity contribution >= 4 is 35.9 Å². The fraction of sp³-hybridized carbons (Fsp3) is 0.867. The molecule has 0 bridgehead atoms. The second-order valence-corrected chi connectivity index (χ2v) is 6.13. The Morgan fingerprint density at radius 2 is 1.95 bits per heavy atom. The number of carbonyl (C=O) groups excluding carboxylic acids is 1. The molecule has 0 aromatic carbocycles. The molecule has 0 aliphatic carbocycles. The zero-order valence-corrected chi connectivity index (χ0v) is 16.2. The molecule has 0 aromatic rings.